The van der Waals surface area contributed by atoms with Crippen LogP contribution in [0.1, 0.15) is 19.8 Å². The van der Waals surface area contributed by atoms with E-state index in [1.165, 1.54) is 0 Å². The van der Waals surface area contributed by atoms with Crippen LogP contribution in [0.25, 0.3) is 0 Å². The summed E-state index contributed by atoms with van der Waals surface area (Å²) in [5.74, 6) is -0.645. The number of ether oxygens (including phenoxy) is 1. The Morgan fingerprint density at radius 1 is 1.69 bits per heavy atom. The standard InChI is InChI=1S/C8H10N2O3/c1-2-13-6(11)5-8(3-4-8)7(12)10-9-5/h2-4H2,1H3,(H,10,12). The number of carbonyl (C=O) groups excluding carboxylic acids is 2. The third-order valence-corrected chi connectivity index (χ3v) is 2.38. The lowest BCUT2D eigenvalue weighted by molar-refractivity contribution is -0.136. The predicted molar refractivity (Wildman–Crippen MR) is 43.9 cm³/mol. The average Bonchev–Trinajstić information content (AvgIpc) is 2.79. The molecule has 1 N–H and O–H groups in total. The van der Waals surface area contributed by atoms with E-state index in [-0.39, 0.29) is 11.6 Å². The van der Waals surface area contributed by atoms with Crippen molar-refractivity contribution >= 4 is 17.6 Å². The molecule has 0 atom stereocenters. The number of hydrogen-bond acceptors (Lipinski definition) is 4. The Balaban J connectivity index is 2.17. The maximum Gasteiger partial charge on any atom is 0.355 e. The predicted octanol–water partition coefficient (Wildman–Crippen LogP) is -0.185. The molecule has 0 aromatic heterocycles. The summed E-state index contributed by atoms with van der Waals surface area (Å²) in [4.78, 5) is 22.5. The van der Waals surface area contributed by atoms with Gasteiger partial charge >= 0.3 is 5.97 Å². The van der Waals surface area contributed by atoms with Crippen LogP contribution < -0.4 is 5.43 Å². The van der Waals surface area contributed by atoms with E-state index >= 15 is 0 Å². The largest absolute Gasteiger partial charge is 0.461 e. The van der Waals surface area contributed by atoms with Gasteiger partial charge in [0.05, 0.1) is 6.61 Å². The second-order valence-electron chi connectivity index (χ2n) is 3.20. The number of hydrazone groups is 1. The highest BCUT2D eigenvalue weighted by molar-refractivity contribution is 6.45. The quantitative estimate of drug-likeness (QED) is 0.602. The van der Waals surface area contributed by atoms with E-state index in [2.05, 4.69) is 10.5 Å². The zero-order valence-electron chi connectivity index (χ0n) is 7.29. The lowest BCUT2D eigenvalue weighted by Gasteiger charge is -2.05. The molecule has 0 radical (unpaired) electrons. The van der Waals surface area contributed by atoms with Gasteiger partial charge in [-0.25, -0.2) is 10.2 Å². The molecule has 1 amide bonds. The molecule has 0 saturated heterocycles. The molecular formula is C8H10N2O3. The molecule has 70 valence electrons. The summed E-state index contributed by atoms with van der Waals surface area (Å²) in [6.45, 7) is 2.03. The third-order valence-electron chi connectivity index (χ3n) is 2.38. The molecule has 0 bridgehead atoms. The van der Waals surface area contributed by atoms with Gasteiger partial charge in [0.2, 0.25) is 0 Å². The molecule has 0 aromatic rings. The van der Waals surface area contributed by atoms with Crippen LogP contribution in [0.3, 0.4) is 0 Å². The minimum Gasteiger partial charge on any atom is -0.461 e. The van der Waals surface area contributed by atoms with Crippen molar-refractivity contribution < 1.29 is 14.3 Å². The van der Waals surface area contributed by atoms with Crippen molar-refractivity contribution in [2.75, 3.05) is 6.61 Å². The van der Waals surface area contributed by atoms with Crippen LogP contribution in [-0.4, -0.2) is 24.2 Å². The van der Waals surface area contributed by atoms with Gasteiger partial charge in [0.1, 0.15) is 5.41 Å². The molecule has 1 aliphatic heterocycles. The van der Waals surface area contributed by atoms with E-state index in [0.29, 0.717) is 19.4 Å². The maximum absolute atomic E-state index is 11.3. The number of amides is 1. The van der Waals surface area contributed by atoms with Crippen LogP contribution in [0.5, 0.6) is 0 Å². The summed E-state index contributed by atoms with van der Waals surface area (Å²) in [5, 5.41) is 3.69. The smallest absolute Gasteiger partial charge is 0.355 e. The molecule has 2 aliphatic rings. The van der Waals surface area contributed by atoms with Crippen molar-refractivity contribution in [1.82, 2.24) is 5.43 Å². The summed E-state index contributed by atoms with van der Waals surface area (Å²) in [6.07, 6.45) is 1.41. The second-order valence-corrected chi connectivity index (χ2v) is 3.20. The topological polar surface area (TPSA) is 67.8 Å². The SMILES string of the molecule is CCOC(=O)C1=NNC(=O)C12CC2. The van der Waals surface area contributed by atoms with Crippen LogP contribution in [0.15, 0.2) is 5.10 Å². The molecule has 13 heavy (non-hydrogen) atoms. The Labute approximate surface area is 75.1 Å². The van der Waals surface area contributed by atoms with Gasteiger partial charge in [0, 0.05) is 0 Å². The lowest BCUT2D eigenvalue weighted by Crippen LogP contribution is -2.30. The highest BCUT2D eigenvalue weighted by Gasteiger charge is 2.60. The fourth-order valence-electron chi connectivity index (χ4n) is 1.46. The van der Waals surface area contributed by atoms with Gasteiger partial charge in [0.15, 0.2) is 5.71 Å². The van der Waals surface area contributed by atoms with E-state index in [9.17, 15) is 9.59 Å². The Bertz CT molecular complexity index is 305. The van der Waals surface area contributed by atoms with Crippen molar-refractivity contribution in [2.24, 2.45) is 10.5 Å². The highest BCUT2D eigenvalue weighted by atomic mass is 16.5. The number of esters is 1. The fraction of sp³-hybridized carbons (Fsp3) is 0.625. The van der Waals surface area contributed by atoms with Gasteiger partial charge in [-0.1, -0.05) is 0 Å². The third kappa shape index (κ3) is 1.03. The lowest BCUT2D eigenvalue weighted by atomic mass is 10.0. The van der Waals surface area contributed by atoms with Gasteiger partial charge < -0.3 is 4.74 Å². The van der Waals surface area contributed by atoms with Crippen LogP contribution in [-0.2, 0) is 14.3 Å². The number of nitrogens with zero attached hydrogens (tertiary/aromatic N) is 1. The summed E-state index contributed by atoms with van der Waals surface area (Å²) in [5.41, 5.74) is 1.93. The number of nitrogens with one attached hydrogen (secondary N) is 1. The summed E-state index contributed by atoms with van der Waals surface area (Å²) >= 11 is 0. The molecular weight excluding hydrogens is 172 g/mol. The van der Waals surface area contributed by atoms with Crippen LogP contribution in [0, 0.1) is 5.41 Å². The van der Waals surface area contributed by atoms with Crippen molar-refractivity contribution in [2.45, 2.75) is 19.8 Å². The van der Waals surface area contributed by atoms with Crippen molar-refractivity contribution in [3.63, 3.8) is 0 Å². The molecule has 1 aliphatic carbocycles. The molecule has 1 saturated carbocycles. The molecule has 1 spiro atoms. The minimum absolute atomic E-state index is 0.171. The Morgan fingerprint density at radius 3 is 2.92 bits per heavy atom. The van der Waals surface area contributed by atoms with E-state index in [1.54, 1.807) is 6.92 Å². The van der Waals surface area contributed by atoms with Crippen LogP contribution in [0.2, 0.25) is 0 Å². The monoisotopic (exact) mass is 182 g/mol. The maximum atomic E-state index is 11.3. The zero-order chi connectivity index (χ0) is 9.47. The van der Waals surface area contributed by atoms with Crippen molar-refractivity contribution in [3.8, 4) is 0 Å². The number of rotatable bonds is 2. The summed E-state index contributed by atoms with van der Waals surface area (Å²) in [6, 6.07) is 0. The summed E-state index contributed by atoms with van der Waals surface area (Å²) < 4.78 is 4.79. The molecule has 5 heteroatoms. The second kappa shape index (κ2) is 2.55. The molecule has 5 nitrogen and oxygen atoms in total. The van der Waals surface area contributed by atoms with Gasteiger partial charge in [-0.15, -0.1) is 0 Å². The minimum atomic E-state index is -0.633. The summed E-state index contributed by atoms with van der Waals surface area (Å²) in [7, 11) is 0. The molecule has 1 fully saturated rings. The van der Waals surface area contributed by atoms with E-state index < -0.39 is 11.4 Å². The Kier molecular flexibility index (Phi) is 1.61. The van der Waals surface area contributed by atoms with Gasteiger partial charge in [-0.05, 0) is 19.8 Å². The fourth-order valence-corrected chi connectivity index (χ4v) is 1.46. The number of carbonyl (C=O) groups is 2. The molecule has 0 aromatic carbocycles. The highest BCUT2D eigenvalue weighted by Crippen LogP contribution is 2.49. The first-order valence-electron chi connectivity index (χ1n) is 4.26. The van der Waals surface area contributed by atoms with Crippen LogP contribution >= 0.6 is 0 Å². The van der Waals surface area contributed by atoms with Crippen LogP contribution in [0.4, 0.5) is 0 Å². The van der Waals surface area contributed by atoms with Crippen molar-refractivity contribution in [3.05, 3.63) is 0 Å². The number of hydrogen-bond donors (Lipinski definition) is 1. The Morgan fingerprint density at radius 2 is 2.38 bits per heavy atom. The van der Waals surface area contributed by atoms with Gasteiger partial charge in [-0.2, -0.15) is 5.10 Å². The zero-order valence-corrected chi connectivity index (χ0v) is 7.29. The van der Waals surface area contributed by atoms with E-state index in [4.69, 9.17) is 4.74 Å². The van der Waals surface area contributed by atoms with Crippen molar-refractivity contribution in [1.29, 1.82) is 0 Å². The normalized spacial score (nSPS) is 22.5. The van der Waals surface area contributed by atoms with E-state index in [0.717, 1.165) is 0 Å². The molecule has 2 rings (SSSR count). The molecule has 1 heterocycles. The van der Waals surface area contributed by atoms with Gasteiger partial charge in [0.25, 0.3) is 5.91 Å². The van der Waals surface area contributed by atoms with Gasteiger partial charge in [-0.3, -0.25) is 4.79 Å². The van der Waals surface area contributed by atoms with E-state index in [1.807, 2.05) is 0 Å². The molecule has 0 unspecified atom stereocenters. The first-order chi connectivity index (χ1) is 6.20. The first-order valence-corrected chi connectivity index (χ1v) is 4.26. The Hall–Kier alpha value is -1.39. The first kappa shape index (κ1) is 8.22. The average molecular weight is 182 g/mol.